The fourth-order valence-electron chi connectivity index (χ4n) is 2.28. The van der Waals surface area contributed by atoms with Crippen molar-refractivity contribution < 1.29 is 4.39 Å². The average molecular weight is 309 g/mol. The van der Waals surface area contributed by atoms with Crippen molar-refractivity contribution in [2.24, 2.45) is 0 Å². The third kappa shape index (κ3) is 3.45. The van der Waals surface area contributed by atoms with Gasteiger partial charge in [0.25, 0.3) is 5.56 Å². The zero-order valence-corrected chi connectivity index (χ0v) is 12.9. The maximum absolute atomic E-state index is 13.6. The van der Waals surface area contributed by atoms with Crippen molar-refractivity contribution in [3.05, 3.63) is 75.8 Å². The lowest BCUT2D eigenvalue weighted by atomic mass is 10.1. The van der Waals surface area contributed by atoms with Crippen LogP contribution in [0.15, 0.2) is 53.3 Å². The summed E-state index contributed by atoms with van der Waals surface area (Å²) in [4.78, 5) is 18.9. The Hall–Kier alpha value is -2.95. The van der Waals surface area contributed by atoms with Crippen molar-refractivity contribution in [1.29, 1.82) is 0 Å². The van der Waals surface area contributed by atoms with Crippen molar-refractivity contribution in [2.45, 2.75) is 13.8 Å². The van der Waals surface area contributed by atoms with Crippen molar-refractivity contribution in [2.75, 3.05) is 5.32 Å². The van der Waals surface area contributed by atoms with Crippen LogP contribution >= 0.6 is 0 Å². The molecule has 0 aliphatic heterocycles. The molecule has 23 heavy (non-hydrogen) atoms. The summed E-state index contributed by atoms with van der Waals surface area (Å²) < 4.78 is 13.6. The zero-order chi connectivity index (χ0) is 16.4. The maximum Gasteiger partial charge on any atom is 0.252 e. The first-order valence-electron chi connectivity index (χ1n) is 7.23. The summed E-state index contributed by atoms with van der Waals surface area (Å²) >= 11 is 0. The summed E-state index contributed by atoms with van der Waals surface area (Å²) in [5, 5.41) is 2.93. The Kier molecular flexibility index (Phi) is 3.93. The number of H-pyrrole nitrogens is 1. The number of aromatic nitrogens is 2. The van der Waals surface area contributed by atoms with Gasteiger partial charge in [-0.1, -0.05) is 29.8 Å². The molecule has 0 bridgehead atoms. The Bertz CT molecular complexity index is 918. The van der Waals surface area contributed by atoms with Crippen LogP contribution in [-0.2, 0) is 0 Å². The molecular weight excluding hydrogens is 293 g/mol. The van der Waals surface area contributed by atoms with E-state index in [4.69, 9.17) is 0 Å². The number of hydrogen-bond donors (Lipinski definition) is 2. The molecule has 4 nitrogen and oxygen atoms in total. The Labute approximate surface area is 133 Å². The number of halogens is 1. The Morgan fingerprint density at radius 1 is 1.09 bits per heavy atom. The van der Waals surface area contributed by atoms with Gasteiger partial charge in [-0.3, -0.25) is 9.78 Å². The topological polar surface area (TPSA) is 57.8 Å². The number of hydrogen-bond acceptors (Lipinski definition) is 3. The highest BCUT2D eigenvalue weighted by molar-refractivity contribution is 5.62. The van der Waals surface area contributed by atoms with Gasteiger partial charge >= 0.3 is 0 Å². The largest absolute Gasteiger partial charge is 0.326 e. The van der Waals surface area contributed by atoms with E-state index < -0.39 is 0 Å². The van der Waals surface area contributed by atoms with Crippen LogP contribution in [0.4, 0.5) is 16.0 Å². The molecule has 0 aliphatic rings. The molecule has 0 radical (unpaired) electrons. The van der Waals surface area contributed by atoms with Crippen LogP contribution in [0.5, 0.6) is 0 Å². The Morgan fingerprint density at radius 2 is 1.91 bits per heavy atom. The minimum Gasteiger partial charge on any atom is -0.326 e. The fourth-order valence-corrected chi connectivity index (χ4v) is 2.28. The molecule has 0 aliphatic carbocycles. The van der Waals surface area contributed by atoms with Gasteiger partial charge in [-0.15, -0.1) is 0 Å². The van der Waals surface area contributed by atoms with Gasteiger partial charge in [0, 0.05) is 17.3 Å². The van der Waals surface area contributed by atoms with Crippen molar-refractivity contribution >= 4 is 11.6 Å². The molecule has 0 atom stereocenters. The molecule has 116 valence electrons. The van der Waals surface area contributed by atoms with Crippen LogP contribution in [0.3, 0.4) is 0 Å². The number of nitrogens with one attached hydrogen (secondary N) is 2. The second kappa shape index (κ2) is 6.04. The number of aryl methyl sites for hydroxylation is 2. The number of rotatable bonds is 3. The molecule has 2 aromatic carbocycles. The van der Waals surface area contributed by atoms with Gasteiger partial charge in [-0.2, -0.15) is 0 Å². The highest BCUT2D eigenvalue weighted by Crippen LogP contribution is 2.20. The van der Waals surface area contributed by atoms with E-state index in [0.29, 0.717) is 16.9 Å². The average Bonchev–Trinajstić information content (AvgIpc) is 2.50. The molecule has 0 spiro atoms. The van der Waals surface area contributed by atoms with Crippen LogP contribution in [0.1, 0.15) is 11.1 Å². The second-order valence-electron chi connectivity index (χ2n) is 5.44. The summed E-state index contributed by atoms with van der Waals surface area (Å²) in [5.74, 6) is -0.0376. The van der Waals surface area contributed by atoms with Gasteiger partial charge in [0.1, 0.15) is 5.82 Å². The molecule has 0 saturated carbocycles. The van der Waals surface area contributed by atoms with E-state index in [1.54, 1.807) is 19.1 Å². The number of benzene rings is 2. The normalized spacial score (nSPS) is 10.6. The molecule has 3 aromatic rings. The predicted octanol–water partition coefficient (Wildman–Crippen LogP) is 3.94. The van der Waals surface area contributed by atoms with E-state index in [-0.39, 0.29) is 17.3 Å². The standard InChI is InChI=1S/C18H16FN3O/c1-11-4-3-5-13(8-11)16-10-17(23)22-18(21-16)20-14-7-6-12(2)15(19)9-14/h3-10H,1-2H3,(H2,20,21,22,23). The monoisotopic (exact) mass is 309 g/mol. The molecule has 5 heteroatoms. The molecule has 1 aromatic heterocycles. The van der Waals surface area contributed by atoms with E-state index in [1.165, 1.54) is 12.1 Å². The predicted molar refractivity (Wildman–Crippen MR) is 89.5 cm³/mol. The molecule has 0 saturated heterocycles. The summed E-state index contributed by atoms with van der Waals surface area (Å²) in [6.07, 6.45) is 0. The lowest BCUT2D eigenvalue weighted by molar-refractivity contribution is 0.619. The summed E-state index contributed by atoms with van der Waals surface area (Å²) in [5.41, 5.74) is 3.32. The Balaban J connectivity index is 1.97. The minimum absolute atomic E-state index is 0.272. The van der Waals surface area contributed by atoms with Crippen LogP contribution in [0.2, 0.25) is 0 Å². The van der Waals surface area contributed by atoms with Gasteiger partial charge in [-0.05, 0) is 37.6 Å². The van der Waals surface area contributed by atoms with Crippen molar-refractivity contribution in [3.8, 4) is 11.3 Å². The first-order valence-corrected chi connectivity index (χ1v) is 7.23. The first-order chi connectivity index (χ1) is 11.0. The molecular formula is C18H16FN3O. The van der Waals surface area contributed by atoms with E-state index in [2.05, 4.69) is 15.3 Å². The third-order valence-corrected chi connectivity index (χ3v) is 3.49. The highest BCUT2D eigenvalue weighted by Gasteiger charge is 2.06. The van der Waals surface area contributed by atoms with E-state index in [0.717, 1.165) is 11.1 Å². The lowest BCUT2D eigenvalue weighted by Crippen LogP contribution is -2.10. The maximum atomic E-state index is 13.6. The third-order valence-electron chi connectivity index (χ3n) is 3.49. The molecule has 0 unspecified atom stereocenters. The van der Waals surface area contributed by atoms with Gasteiger partial charge in [0.2, 0.25) is 5.95 Å². The highest BCUT2D eigenvalue weighted by atomic mass is 19.1. The van der Waals surface area contributed by atoms with Crippen LogP contribution in [0.25, 0.3) is 11.3 Å². The van der Waals surface area contributed by atoms with Crippen LogP contribution in [0, 0.1) is 19.7 Å². The smallest absolute Gasteiger partial charge is 0.252 e. The molecule has 3 rings (SSSR count). The van der Waals surface area contributed by atoms with Gasteiger partial charge in [0.05, 0.1) is 5.69 Å². The Morgan fingerprint density at radius 3 is 2.65 bits per heavy atom. The zero-order valence-electron chi connectivity index (χ0n) is 12.9. The van der Waals surface area contributed by atoms with E-state index >= 15 is 0 Å². The molecule has 0 fully saturated rings. The lowest BCUT2D eigenvalue weighted by Gasteiger charge is -2.08. The van der Waals surface area contributed by atoms with Crippen LogP contribution in [-0.4, -0.2) is 9.97 Å². The van der Waals surface area contributed by atoms with Crippen molar-refractivity contribution in [3.63, 3.8) is 0 Å². The van der Waals surface area contributed by atoms with Gasteiger partial charge < -0.3 is 5.32 Å². The fraction of sp³-hybridized carbons (Fsp3) is 0.111. The molecule has 2 N–H and O–H groups in total. The number of nitrogens with zero attached hydrogens (tertiary/aromatic N) is 1. The number of anilines is 2. The van der Waals surface area contributed by atoms with E-state index in [1.807, 2.05) is 31.2 Å². The van der Waals surface area contributed by atoms with Gasteiger partial charge in [-0.25, -0.2) is 9.37 Å². The second-order valence-corrected chi connectivity index (χ2v) is 5.44. The van der Waals surface area contributed by atoms with Crippen molar-refractivity contribution in [1.82, 2.24) is 9.97 Å². The summed E-state index contributed by atoms with van der Waals surface area (Å²) in [7, 11) is 0. The molecule has 1 heterocycles. The SMILES string of the molecule is Cc1cccc(-c2cc(=O)[nH]c(Nc3ccc(C)c(F)c3)n2)c1. The minimum atomic E-state index is -0.313. The summed E-state index contributed by atoms with van der Waals surface area (Å²) in [6.45, 7) is 3.67. The first kappa shape index (κ1) is 15.0. The summed E-state index contributed by atoms with van der Waals surface area (Å²) in [6, 6.07) is 13.9. The van der Waals surface area contributed by atoms with E-state index in [9.17, 15) is 9.18 Å². The van der Waals surface area contributed by atoms with Crippen LogP contribution < -0.4 is 10.9 Å². The molecule has 0 amide bonds. The number of aromatic amines is 1. The quantitative estimate of drug-likeness (QED) is 0.770. The van der Waals surface area contributed by atoms with Gasteiger partial charge in [0.15, 0.2) is 0 Å².